The third-order valence-electron chi connectivity index (χ3n) is 3.12. The fraction of sp³-hybridized carbons (Fsp3) is 0.133. The molecule has 0 saturated heterocycles. The van der Waals surface area contributed by atoms with E-state index < -0.39 is 5.97 Å². The number of carbonyl (C=O) groups is 1. The molecule has 102 valence electrons. The van der Waals surface area contributed by atoms with Gasteiger partial charge in [-0.15, -0.1) is 0 Å². The van der Waals surface area contributed by atoms with Gasteiger partial charge in [-0.2, -0.15) is 0 Å². The number of hydrogen-bond donors (Lipinski definition) is 1. The summed E-state index contributed by atoms with van der Waals surface area (Å²) in [7, 11) is 1.33. The molecule has 5 heteroatoms. The maximum absolute atomic E-state index is 12.8. The minimum atomic E-state index is -0.444. The van der Waals surface area contributed by atoms with Crippen molar-refractivity contribution in [3.63, 3.8) is 0 Å². The Kier molecular flexibility index (Phi) is 3.02. The first-order chi connectivity index (χ1) is 9.69. The van der Waals surface area contributed by atoms with E-state index in [9.17, 15) is 9.18 Å². The summed E-state index contributed by atoms with van der Waals surface area (Å²) in [5, 5.41) is 3.14. The van der Waals surface area contributed by atoms with Crippen molar-refractivity contribution in [1.29, 1.82) is 0 Å². The number of anilines is 1. The van der Waals surface area contributed by atoms with Gasteiger partial charge < -0.3 is 14.5 Å². The van der Waals surface area contributed by atoms with E-state index in [4.69, 9.17) is 9.15 Å². The highest BCUT2D eigenvalue weighted by Crippen LogP contribution is 2.34. The molecule has 20 heavy (non-hydrogen) atoms. The van der Waals surface area contributed by atoms with Gasteiger partial charge in [-0.1, -0.05) is 12.1 Å². The van der Waals surface area contributed by atoms with Crippen molar-refractivity contribution >= 4 is 22.8 Å². The predicted molar refractivity (Wildman–Crippen MR) is 72.5 cm³/mol. The average Bonchev–Trinajstić information content (AvgIpc) is 3.06. The number of halogens is 1. The molecule has 0 radical (unpaired) electrons. The number of benzene rings is 2. The van der Waals surface area contributed by atoms with Crippen molar-refractivity contribution in [1.82, 2.24) is 0 Å². The lowest BCUT2D eigenvalue weighted by molar-refractivity contribution is 0.0603. The Labute approximate surface area is 114 Å². The minimum absolute atomic E-state index is 0.278. The van der Waals surface area contributed by atoms with Crippen LogP contribution in [0.25, 0.3) is 11.2 Å². The maximum atomic E-state index is 12.8. The lowest BCUT2D eigenvalue weighted by Gasteiger charge is -2.07. The number of rotatable bonds is 4. The van der Waals surface area contributed by atoms with Gasteiger partial charge in [0, 0.05) is 6.54 Å². The van der Waals surface area contributed by atoms with Crippen LogP contribution in [0.15, 0.2) is 40.8 Å². The maximum Gasteiger partial charge on any atom is 0.343 e. The number of hydrogen-bond acceptors (Lipinski definition) is 4. The fourth-order valence-corrected chi connectivity index (χ4v) is 2.13. The molecular weight excluding hydrogens is 261 g/mol. The van der Waals surface area contributed by atoms with Crippen molar-refractivity contribution in [3.05, 3.63) is 53.3 Å². The van der Waals surface area contributed by atoms with E-state index in [0.717, 1.165) is 5.56 Å². The third kappa shape index (κ3) is 2.07. The van der Waals surface area contributed by atoms with Gasteiger partial charge in [0.25, 0.3) is 0 Å². The molecule has 0 aliphatic carbocycles. The lowest BCUT2D eigenvalue weighted by atomic mass is 10.1. The summed E-state index contributed by atoms with van der Waals surface area (Å²) in [6, 6.07) is 9.67. The molecule has 0 aliphatic rings. The highest BCUT2D eigenvalue weighted by Gasteiger charge is 2.23. The molecule has 3 aromatic rings. The molecule has 0 spiro atoms. The molecule has 0 fully saturated rings. The van der Waals surface area contributed by atoms with Crippen molar-refractivity contribution in [2.45, 2.75) is 6.54 Å². The van der Waals surface area contributed by atoms with Crippen LogP contribution in [0.3, 0.4) is 0 Å². The number of carbonyl (C=O) groups excluding carboxylic acids is 1. The normalized spacial score (nSPS) is 10.9. The number of fused-ring (bicyclic) bond motifs is 2. The van der Waals surface area contributed by atoms with Gasteiger partial charge >= 0.3 is 5.97 Å². The van der Waals surface area contributed by atoms with Crippen molar-refractivity contribution in [3.8, 4) is 0 Å². The van der Waals surface area contributed by atoms with Crippen molar-refractivity contribution < 1.29 is 18.3 Å². The van der Waals surface area contributed by atoms with Gasteiger partial charge in [-0.25, -0.2) is 9.18 Å². The number of furan rings is 2. The molecule has 3 rings (SSSR count). The smallest absolute Gasteiger partial charge is 0.343 e. The minimum Gasteiger partial charge on any atom is -0.465 e. The van der Waals surface area contributed by atoms with Crippen LogP contribution in [0.5, 0.6) is 0 Å². The zero-order chi connectivity index (χ0) is 14.1. The first-order valence-electron chi connectivity index (χ1n) is 6.10. The molecule has 1 N–H and O–H groups in total. The van der Waals surface area contributed by atoms with E-state index >= 15 is 0 Å². The van der Waals surface area contributed by atoms with Gasteiger partial charge in [0.05, 0.1) is 12.8 Å². The average molecular weight is 273 g/mol. The molecule has 0 unspecified atom stereocenters. The van der Waals surface area contributed by atoms with Gasteiger partial charge in [0.1, 0.15) is 17.0 Å². The first-order valence-corrected chi connectivity index (χ1v) is 6.10. The summed E-state index contributed by atoms with van der Waals surface area (Å²) in [6.07, 6.45) is 0. The Balaban J connectivity index is 1.84. The summed E-state index contributed by atoms with van der Waals surface area (Å²) in [6.45, 7) is 0.462. The highest BCUT2D eigenvalue weighted by atomic mass is 19.1. The summed E-state index contributed by atoms with van der Waals surface area (Å²) in [5.74, 6) is -0.722. The molecule has 4 nitrogen and oxygen atoms in total. The Morgan fingerprint density at radius 1 is 1.20 bits per heavy atom. The van der Waals surface area contributed by atoms with Crippen LogP contribution in [0, 0.1) is 5.82 Å². The molecule has 0 saturated carbocycles. The van der Waals surface area contributed by atoms with Gasteiger partial charge in [0.2, 0.25) is 0 Å². The van der Waals surface area contributed by atoms with Crippen LogP contribution in [-0.2, 0) is 11.3 Å². The monoisotopic (exact) mass is 273 g/mol. The van der Waals surface area contributed by atoms with E-state index in [1.54, 1.807) is 24.3 Å². The second-order valence-electron chi connectivity index (χ2n) is 4.39. The zero-order valence-corrected chi connectivity index (χ0v) is 10.8. The quantitative estimate of drug-likeness (QED) is 0.740. The standard InChI is InChI=1S/C15H12FNO3/c1-19-15(18)13-11-6-7-12(20-11)14(13)17-8-9-2-4-10(16)5-3-9/h2-7,17H,8H2,1H3. The zero-order valence-electron chi connectivity index (χ0n) is 10.8. The van der Waals surface area contributed by atoms with E-state index in [0.29, 0.717) is 29.0 Å². The van der Waals surface area contributed by atoms with Crippen LogP contribution in [-0.4, -0.2) is 13.1 Å². The molecule has 2 aromatic heterocycles. The summed E-state index contributed by atoms with van der Waals surface area (Å²) in [4.78, 5) is 11.8. The Morgan fingerprint density at radius 3 is 2.60 bits per heavy atom. The van der Waals surface area contributed by atoms with E-state index in [1.165, 1.54) is 19.2 Å². The molecule has 0 aliphatic heterocycles. The second-order valence-corrected chi connectivity index (χ2v) is 4.39. The van der Waals surface area contributed by atoms with Crippen LogP contribution in [0.2, 0.25) is 0 Å². The Hall–Kier alpha value is -2.56. The second kappa shape index (κ2) is 4.85. The number of nitrogens with one attached hydrogen (secondary N) is 1. The van der Waals surface area contributed by atoms with Gasteiger partial charge in [-0.3, -0.25) is 0 Å². The first kappa shape index (κ1) is 12.5. The molecule has 0 amide bonds. The van der Waals surface area contributed by atoms with E-state index in [1.807, 2.05) is 0 Å². The van der Waals surface area contributed by atoms with Crippen molar-refractivity contribution in [2.75, 3.05) is 12.4 Å². The van der Waals surface area contributed by atoms with Crippen LogP contribution in [0.4, 0.5) is 10.1 Å². The van der Waals surface area contributed by atoms with E-state index in [2.05, 4.69) is 5.32 Å². The third-order valence-corrected chi connectivity index (χ3v) is 3.12. The highest BCUT2D eigenvalue weighted by molar-refractivity contribution is 6.07. The summed E-state index contributed by atoms with van der Waals surface area (Å²) in [5.41, 5.74) is 3.00. The van der Waals surface area contributed by atoms with Gasteiger partial charge in [-0.05, 0) is 29.8 Å². The Morgan fingerprint density at radius 2 is 1.90 bits per heavy atom. The van der Waals surface area contributed by atoms with Crippen LogP contribution in [0.1, 0.15) is 15.9 Å². The molecule has 0 atom stereocenters. The van der Waals surface area contributed by atoms with Crippen molar-refractivity contribution in [2.24, 2.45) is 0 Å². The summed E-state index contributed by atoms with van der Waals surface area (Å²) < 4.78 is 23.0. The molecule has 2 heterocycles. The van der Waals surface area contributed by atoms with Gasteiger partial charge in [0.15, 0.2) is 5.58 Å². The topological polar surface area (TPSA) is 51.5 Å². The lowest BCUT2D eigenvalue weighted by Crippen LogP contribution is -2.07. The predicted octanol–water partition coefficient (Wildman–Crippen LogP) is 3.41. The summed E-state index contributed by atoms with van der Waals surface area (Å²) >= 11 is 0. The molecular formula is C15H12FNO3. The number of methoxy groups -OCH3 is 1. The SMILES string of the molecule is COC(=O)c1c(NCc2ccc(F)cc2)c2ccc1o2. The number of ether oxygens (including phenoxy) is 1. The number of esters is 1. The fourth-order valence-electron chi connectivity index (χ4n) is 2.13. The van der Waals surface area contributed by atoms with Crippen LogP contribution < -0.4 is 5.32 Å². The molecule has 1 aromatic carbocycles. The Bertz CT molecular complexity index is 733. The van der Waals surface area contributed by atoms with E-state index in [-0.39, 0.29) is 5.82 Å². The van der Waals surface area contributed by atoms with Crippen LogP contribution >= 0.6 is 0 Å². The largest absolute Gasteiger partial charge is 0.465 e. The molecule has 2 bridgehead atoms.